The van der Waals surface area contributed by atoms with Crippen molar-refractivity contribution in [3.05, 3.63) is 72.9 Å². The molecule has 0 aromatic carbocycles. The Morgan fingerprint density at radius 3 is 1.47 bits per heavy atom. The van der Waals surface area contributed by atoms with Crippen molar-refractivity contribution < 1.29 is 37.3 Å². The van der Waals surface area contributed by atoms with Gasteiger partial charge in [-0.05, 0) is 83.5 Å². The molecule has 0 aliphatic rings. The van der Waals surface area contributed by atoms with E-state index >= 15 is 0 Å². The predicted octanol–water partition coefficient (Wildman–Crippen LogP) is 14.3. The normalized spacial score (nSPS) is 14.3. The zero-order valence-electron chi connectivity index (χ0n) is 38.7. The summed E-state index contributed by atoms with van der Waals surface area (Å²) in [4.78, 5) is 23.0. The summed E-state index contributed by atoms with van der Waals surface area (Å²) in [6.45, 7) is 5.44. The molecule has 1 N–H and O–H groups in total. The summed E-state index contributed by atoms with van der Waals surface area (Å²) in [7, 11) is 1.64. The molecule has 0 aromatic heterocycles. The number of hydrogen-bond donors (Lipinski definition) is 1. The second-order valence-electron chi connectivity index (χ2n) is 16.8. The summed E-state index contributed by atoms with van der Waals surface area (Å²) in [5, 5.41) is 0. The van der Waals surface area contributed by atoms with Crippen LogP contribution in [0.4, 0.5) is 0 Å². The second-order valence-corrected chi connectivity index (χ2v) is 18.2. The number of likely N-dealkylation sites (N-methyl/N-ethyl adjacent to an activating group) is 1. The number of hydrogen-bond acceptors (Lipinski definition) is 6. The molecule has 0 bridgehead atoms. The zero-order chi connectivity index (χ0) is 43.4. The van der Waals surface area contributed by atoms with E-state index in [4.69, 9.17) is 18.5 Å². The number of esters is 1. The molecule has 2 atom stereocenters. The highest BCUT2D eigenvalue weighted by Crippen LogP contribution is 2.43. The van der Waals surface area contributed by atoms with E-state index in [1.54, 1.807) is 0 Å². The van der Waals surface area contributed by atoms with Crippen molar-refractivity contribution in [3.8, 4) is 0 Å². The van der Waals surface area contributed by atoms with E-state index < -0.39 is 13.9 Å². The monoisotopic (exact) mass is 849 g/mol. The van der Waals surface area contributed by atoms with Gasteiger partial charge in [-0.2, -0.15) is 0 Å². The maximum Gasteiger partial charge on any atom is 0.472 e. The molecule has 2 unspecified atom stereocenters. The highest BCUT2D eigenvalue weighted by molar-refractivity contribution is 7.47. The van der Waals surface area contributed by atoms with Gasteiger partial charge in [0.2, 0.25) is 0 Å². The fraction of sp³-hybridized carbons (Fsp3) is 0.740. The quantitative estimate of drug-likeness (QED) is 0.0215. The third kappa shape index (κ3) is 46.9. The van der Waals surface area contributed by atoms with Crippen molar-refractivity contribution in [1.29, 1.82) is 0 Å². The van der Waals surface area contributed by atoms with Crippen molar-refractivity contribution in [2.45, 2.75) is 187 Å². The standard InChI is InChI=1S/C50H90NO7P/c1-6-8-10-12-14-16-18-20-22-24-25-26-27-28-29-31-33-35-37-39-41-43-50(52)58-49(48-57-59(53,54)56-46-44-51(3,4)5)47-55-45-42-40-38-36-34-32-30-23-21-19-17-15-13-11-9-7-2/h8,10,14-17,20-23,25-26,49H,6-7,9,11-13,18-19,24,27-48H2,1-5H3/p+1/b10-8-,16-14-,17-15-,22-20-,23-21-,26-25-. The van der Waals surface area contributed by atoms with Gasteiger partial charge in [0.05, 0.1) is 34.4 Å². The first kappa shape index (κ1) is 56.9. The molecule has 342 valence electrons. The van der Waals surface area contributed by atoms with Crippen molar-refractivity contribution in [3.63, 3.8) is 0 Å². The molecule has 0 spiro atoms. The summed E-state index contributed by atoms with van der Waals surface area (Å²) >= 11 is 0. The van der Waals surface area contributed by atoms with Crippen LogP contribution < -0.4 is 0 Å². The minimum absolute atomic E-state index is 0.0812. The predicted molar refractivity (Wildman–Crippen MR) is 252 cm³/mol. The van der Waals surface area contributed by atoms with Gasteiger partial charge in [0.1, 0.15) is 19.3 Å². The first-order valence-electron chi connectivity index (χ1n) is 23.7. The Bertz CT molecular complexity index is 1170. The smallest absolute Gasteiger partial charge is 0.457 e. The average molecular weight is 849 g/mol. The van der Waals surface area contributed by atoms with E-state index in [1.165, 1.54) is 83.5 Å². The number of nitrogens with zero attached hydrogens (tertiary/aromatic N) is 1. The molecule has 0 rings (SSSR count). The summed E-state index contributed by atoms with van der Waals surface area (Å²) < 4.78 is 35.1. The lowest BCUT2D eigenvalue weighted by atomic mass is 10.1. The Labute approximate surface area is 363 Å². The van der Waals surface area contributed by atoms with Gasteiger partial charge in [0.25, 0.3) is 0 Å². The molecule has 0 fully saturated rings. The van der Waals surface area contributed by atoms with Gasteiger partial charge >= 0.3 is 13.8 Å². The molecule has 0 amide bonds. The largest absolute Gasteiger partial charge is 0.472 e. The van der Waals surface area contributed by atoms with E-state index in [9.17, 15) is 14.3 Å². The lowest BCUT2D eigenvalue weighted by Gasteiger charge is -2.24. The zero-order valence-corrected chi connectivity index (χ0v) is 39.6. The van der Waals surface area contributed by atoms with Crippen LogP contribution in [0.25, 0.3) is 0 Å². The fourth-order valence-electron chi connectivity index (χ4n) is 6.10. The lowest BCUT2D eigenvalue weighted by molar-refractivity contribution is -0.870. The summed E-state index contributed by atoms with van der Waals surface area (Å²) in [6.07, 6.45) is 55.0. The van der Waals surface area contributed by atoms with Gasteiger partial charge in [-0.3, -0.25) is 13.8 Å². The fourth-order valence-corrected chi connectivity index (χ4v) is 6.84. The van der Waals surface area contributed by atoms with Crippen LogP contribution in [-0.2, 0) is 27.9 Å². The first-order valence-corrected chi connectivity index (χ1v) is 25.2. The Balaban J connectivity index is 4.23. The molecular weight excluding hydrogens is 758 g/mol. The van der Waals surface area contributed by atoms with E-state index in [2.05, 4.69) is 86.8 Å². The van der Waals surface area contributed by atoms with Gasteiger partial charge in [-0.15, -0.1) is 0 Å². The van der Waals surface area contributed by atoms with Crippen molar-refractivity contribution in [2.75, 3.05) is 54.1 Å². The van der Waals surface area contributed by atoms with Crippen molar-refractivity contribution in [1.82, 2.24) is 0 Å². The Hall–Kier alpha value is -2.06. The van der Waals surface area contributed by atoms with Crippen molar-refractivity contribution >= 4 is 13.8 Å². The summed E-state index contributed by atoms with van der Waals surface area (Å²) in [6, 6.07) is 0. The second kappa shape index (κ2) is 42.6. The van der Waals surface area contributed by atoms with Crippen LogP contribution in [0.15, 0.2) is 72.9 Å². The van der Waals surface area contributed by atoms with Gasteiger partial charge < -0.3 is 18.9 Å². The minimum atomic E-state index is -4.29. The molecule has 0 radical (unpaired) electrons. The lowest BCUT2D eigenvalue weighted by Crippen LogP contribution is -2.37. The van der Waals surface area contributed by atoms with E-state index in [0.29, 0.717) is 24.1 Å². The van der Waals surface area contributed by atoms with Gasteiger partial charge in [0.15, 0.2) is 0 Å². The first-order chi connectivity index (χ1) is 28.6. The number of carbonyl (C=O) groups excluding carboxylic acids is 1. The van der Waals surface area contributed by atoms with Crippen LogP contribution in [-0.4, -0.2) is 75.6 Å². The molecule has 0 aromatic rings. The third-order valence-electron chi connectivity index (χ3n) is 9.75. The van der Waals surface area contributed by atoms with E-state index in [-0.39, 0.29) is 25.8 Å². The molecule has 0 saturated heterocycles. The number of rotatable bonds is 43. The highest BCUT2D eigenvalue weighted by atomic mass is 31.2. The number of allylic oxidation sites excluding steroid dienone is 12. The van der Waals surface area contributed by atoms with E-state index in [1.807, 2.05) is 21.1 Å². The molecule has 59 heavy (non-hydrogen) atoms. The number of quaternary nitrogens is 1. The topological polar surface area (TPSA) is 91.3 Å². The van der Waals surface area contributed by atoms with Crippen LogP contribution >= 0.6 is 7.82 Å². The Kier molecular flexibility index (Phi) is 41.1. The van der Waals surface area contributed by atoms with Crippen molar-refractivity contribution in [2.24, 2.45) is 0 Å². The maximum absolute atomic E-state index is 12.7. The molecule has 9 heteroatoms. The molecule has 8 nitrogen and oxygen atoms in total. The number of ether oxygens (including phenoxy) is 2. The average Bonchev–Trinajstić information content (AvgIpc) is 3.19. The van der Waals surface area contributed by atoms with Crippen LogP contribution in [0.3, 0.4) is 0 Å². The summed E-state index contributed by atoms with van der Waals surface area (Å²) in [5.41, 5.74) is 0. The van der Waals surface area contributed by atoms with Gasteiger partial charge in [-0.1, -0.05) is 164 Å². The number of unbranched alkanes of at least 4 members (excludes halogenated alkanes) is 17. The number of phosphoric acid groups is 1. The summed E-state index contributed by atoms with van der Waals surface area (Å²) in [5.74, 6) is -0.328. The molecular formula is C50H91NO7P+. The highest BCUT2D eigenvalue weighted by Gasteiger charge is 2.26. The van der Waals surface area contributed by atoms with E-state index in [0.717, 1.165) is 77.0 Å². The SMILES string of the molecule is CC/C=C\C/C=C\C/C=C\C/C=C\CCCCCCCCCCC(=O)OC(COCCCCCCCC/C=C\C/C=C\CCCCC)COP(=O)(O)OCC[N+](C)(C)C. The third-order valence-corrected chi connectivity index (χ3v) is 10.7. The number of carbonyl (C=O) groups is 1. The molecule has 0 heterocycles. The van der Waals surface area contributed by atoms with Gasteiger partial charge in [-0.25, -0.2) is 4.57 Å². The van der Waals surface area contributed by atoms with Crippen LogP contribution in [0.5, 0.6) is 0 Å². The van der Waals surface area contributed by atoms with Crippen LogP contribution in [0.1, 0.15) is 181 Å². The molecule has 0 aliphatic carbocycles. The Morgan fingerprint density at radius 1 is 0.542 bits per heavy atom. The Morgan fingerprint density at radius 2 is 0.983 bits per heavy atom. The molecule has 0 saturated carbocycles. The van der Waals surface area contributed by atoms with Gasteiger partial charge in [0, 0.05) is 13.0 Å². The number of phosphoric ester groups is 1. The van der Waals surface area contributed by atoms with Crippen LogP contribution in [0, 0.1) is 0 Å². The minimum Gasteiger partial charge on any atom is -0.457 e. The maximum atomic E-state index is 12.7. The van der Waals surface area contributed by atoms with Crippen LogP contribution in [0.2, 0.25) is 0 Å². The molecule has 0 aliphatic heterocycles.